The third kappa shape index (κ3) is 6.03. The number of ketones is 2. The number of aromatic hydroxyl groups is 2. The number of aliphatic hydroxyl groups is 1. The van der Waals surface area contributed by atoms with Crippen LogP contribution in [0.25, 0.3) is 0 Å². The lowest BCUT2D eigenvalue weighted by atomic mass is 9.45. The summed E-state index contributed by atoms with van der Waals surface area (Å²) in [5, 5.41) is 31.0. The summed E-state index contributed by atoms with van der Waals surface area (Å²) >= 11 is 0. The van der Waals surface area contributed by atoms with Gasteiger partial charge in [-0.2, -0.15) is 0 Å². The minimum Gasteiger partial charge on any atom is -0.508 e. The lowest BCUT2D eigenvalue weighted by Gasteiger charge is -2.62. The van der Waals surface area contributed by atoms with Gasteiger partial charge in [-0.25, -0.2) is 13.6 Å². The third-order valence-electron chi connectivity index (χ3n) is 14.1. The minimum absolute atomic E-state index is 0.0371. The highest BCUT2D eigenvalue weighted by molar-refractivity contribution is 6.01. The molecule has 9 atom stereocenters. The number of rotatable bonds is 6. The summed E-state index contributed by atoms with van der Waals surface area (Å²) in [5.74, 6) is -2.34. The Balaban J connectivity index is 0.000000171. The second-order valence-corrected chi connectivity index (χ2v) is 17.4. The van der Waals surface area contributed by atoms with Crippen LogP contribution in [0.2, 0.25) is 0 Å². The summed E-state index contributed by atoms with van der Waals surface area (Å²) in [7, 11) is 0. The van der Waals surface area contributed by atoms with Gasteiger partial charge in [-0.15, -0.1) is 0 Å². The average molecular weight is 811 g/mol. The van der Waals surface area contributed by atoms with Crippen LogP contribution in [-0.4, -0.2) is 63.4 Å². The molecule has 0 bridgehead atoms. The van der Waals surface area contributed by atoms with Crippen LogP contribution in [-0.2, 0) is 29.5 Å². The standard InChI is InChI=1S/C27H36F2O5.C20H12O5/c1-5-6-7-23(33)34-14-21(31)24-15(2)10-17-18-12-20(28)19-11-16(30)8-9-26(19,4)27(18,29)22(32)13-25(17,24)3;21-11-5-7-15-17(9-11)24-18-10-12(22)6-8-16(18)20(15)14-4-2-1-3-13(14)19(23)25-20/h8-9,11,15,17-18,20,22,24,32H,5-7,10,12-14H2,1-4H3;1-10,21-22H/t15-,17+,18+,20+,22+,24-,25+,26+,27+;/m1./s1. The van der Waals surface area contributed by atoms with E-state index in [0.29, 0.717) is 46.6 Å². The highest BCUT2D eigenvalue weighted by atomic mass is 19.1. The van der Waals surface area contributed by atoms with E-state index in [1.807, 2.05) is 32.9 Å². The van der Waals surface area contributed by atoms with Crippen molar-refractivity contribution in [2.45, 2.75) is 89.8 Å². The molecule has 3 saturated carbocycles. The van der Waals surface area contributed by atoms with E-state index in [-0.39, 0.29) is 66.3 Å². The zero-order valence-corrected chi connectivity index (χ0v) is 33.4. The number of aliphatic hydroxyl groups excluding tert-OH is 1. The fraction of sp³-hybridized carbons (Fsp3) is 0.447. The van der Waals surface area contributed by atoms with Crippen LogP contribution < -0.4 is 4.74 Å². The SMILES string of the molecule is CCCCC(=O)OCC(=O)[C@H]1[C@H](C)C[C@H]2[C@@H]3C[C@H](F)C4=CC(=O)C=C[C@]4(C)[C@@]3(F)[C@@H](O)C[C@@]21C.O=C1OC2(c3ccc(O)cc3Oc3cc(O)ccc32)c2ccccc21. The predicted octanol–water partition coefficient (Wildman–Crippen LogP) is 8.14. The lowest BCUT2D eigenvalue weighted by molar-refractivity contribution is -0.202. The molecule has 0 aromatic heterocycles. The molecule has 0 amide bonds. The summed E-state index contributed by atoms with van der Waals surface area (Å²) in [4.78, 5) is 49.6. The first kappa shape index (κ1) is 40.4. The quantitative estimate of drug-likeness (QED) is 0.208. The number of unbranched alkanes of at least 4 members (excludes halogenated alkanes) is 1. The molecule has 0 radical (unpaired) electrons. The maximum Gasteiger partial charge on any atom is 0.340 e. The van der Waals surface area contributed by atoms with Crippen molar-refractivity contribution in [1.82, 2.24) is 0 Å². The van der Waals surface area contributed by atoms with E-state index in [4.69, 9.17) is 14.2 Å². The highest BCUT2D eigenvalue weighted by Gasteiger charge is 2.73. The van der Waals surface area contributed by atoms with Crippen molar-refractivity contribution in [3.05, 3.63) is 107 Å². The third-order valence-corrected chi connectivity index (χ3v) is 14.1. The van der Waals surface area contributed by atoms with Gasteiger partial charge in [0.05, 0.1) is 11.7 Å². The van der Waals surface area contributed by atoms with Crippen molar-refractivity contribution in [2.75, 3.05) is 6.61 Å². The first-order valence-electron chi connectivity index (χ1n) is 20.3. The number of fused-ring (bicyclic) bond motifs is 11. The van der Waals surface area contributed by atoms with E-state index in [0.717, 1.165) is 6.42 Å². The van der Waals surface area contributed by atoms with Gasteiger partial charge in [0.25, 0.3) is 0 Å². The summed E-state index contributed by atoms with van der Waals surface area (Å²) < 4.78 is 49.5. The van der Waals surface area contributed by atoms with E-state index < -0.39 is 58.1 Å². The predicted molar refractivity (Wildman–Crippen MR) is 210 cm³/mol. The fourth-order valence-corrected chi connectivity index (χ4v) is 11.5. The molecule has 310 valence electrons. The number of allylic oxidation sites excluding steroid dienone is 4. The van der Waals surface area contributed by atoms with Gasteiger partial charge in [0.15, 0.2) is 22.8 Å². The largest absolute Gasteiger partial charge is 0.508 e. The van der Waals surface area contributed by atoms with E-state index in [1.54, 1.807) is 31.2 Å². The number of hydrogen-bond donors (Lipinski definition) is 3. The Morgan fingerprint density at radius 1 is 0.932 bits per heavy atom. The molecule has 2 heterocycles. The maximum atomic E-state index is 17.1. The molecule has 3 N–H and O–H groups in total. The van der Waals surface area contributed by atoms with Crippen molar-refractivity contribution < 1.29 is 57.5 Å². The molecule has 2 aliphatic heterocycles. The maximum absolute atomic E-state index is 17.1. The summed E-state index contributed by atoms with van der Waals surface area (Å²) in [6.07, 6.45) is 3.20. The van der Waals surface area contributed by atoms with Crippen molar-refractivity contribution in [3.63, 3.8) is 0 Å². The molecule has 0 saturated heterocycles. The number of carbonyl (C=O) groups excluding carboxylic acids is 4. The Morgan fingerprint density at radius 2 is 1.59 bits per heavy atom. The Labute approximate surface area is 340 Å². The van der Waals surface area contributed by atoms with Crippen molar-refractivity contribution >= 4 is 23.5 Å². The van der Waals surface area contributed by atoms with Crippen LogP contribution in [0.3, 0.4) is 0 Å². The molecule has 0 unspecified atom stereocenters. The van der Waals surface area contributed by atoms with Crippen LogP contribution in [0.5, 0.6) is 23.0 Å². The van der Waals surface area contributed by atoms with Crippen LogP contribution in [0.4, 0.5) is 8.78 Å². The van der Waals surface area contributed by atoms with Crippen molar-refractivity contribution in [3.8, 4) is 23.0 Å². The summed E-state index contributed by atoms with van der Waals surface area (Å²) in [6.45, 7) is 7.03. The second kappa shape index (κ2) is 14.4. The van der Waals surface area contributed by atoms with Gasteiger partial charge in [-0.05, 0) is 97.9 Å². The van der Waals surface area contributed by atoms with Crippen LogP contribution in [0.15, 0.2) is 84.5 Å². The van der Waals surface area contributed by atoms with Gasteiger partial charge < -0.3 is 29.5 Å². The zero-order valence-electron chi connectivity index (χ0n) is 33.4. The molecular weight excluding hydrogens is 763 g/mol. The molecule has 59 heavy (non-hydrogen) atoms. The number of alkyl halides is 2. The minimum atomic E-state index is -2.15. The number of halogens is 2. The number of esters is 2. The van der Waals surface area contributed by atoms with Gasteiger partial charge in [0.1, 0.15) is 35.8 Å². The van der Waals surface area contributed by atoms with Crippen molar-refractivity contribution in [1.29, 1.82) is 0 Å². The molecule has 4 aliphatic carbocycles. The summed E-state index contributed by atoms with van der Waals surface area (Å²) in [5.41, 5.74) is -2.93. The number of carbonyl (C=O) groups is 4. The number of ether oxygens (including phenoxy) is 3. The molecule has 6 aliphatic rings. The van der Waals surface area contributed by atoms with Gasteiger partial charge in [0.2, 0.25) is 0 Å². The molecule has 10 nitrogen and oxygen atoms in total. The molecular formula is C47H48F2O10. The van der Waals surface area contributed by atoms with Crippen LogP contribution in [0.1, 0.15) is 93.3 Å². The van der Waals surface area contributed by atoms with Gasteiger partial charge in [0, 0.05) is 52.5 Å². The molecule has 3 aromatic rings. The van der Waals surface area contributed by atoms with Crippen LogP contribution in [0, 0.1) is 34.5 Å². The number of hydrogen-bond acceptors (Lipinski definition) is 10. The van der Waals surface area contributed by atoms with E-state index in [2.05, 4.69) is 0 Å². The second-order valence-electron chi connectivity index (χ2n) is 17.4. The van der Waals surface area contributed by atoms with E-state index in [9.17, 15) is 34.5 Å². The smallest absolute Gasteiger partial charge is 0.340 e. The Hall–Kier alpha value is -5.36. The van der Waals surface area contributed by atoms with E-state index >= 15 is 8.78 Å². The average Bonchev–Trinajstić information content (AvgIpc) is 3.64. The molecule has 9 rings (SSSR count). The van der Waals surface area contributed by atoms with Crippen molar-refractivity contribution in [2.24, 2.45) is 34.5 Å². The van der Waals surface area contributed by atoms with E-state index in [1.165, 1.54) is 42.5 Å². The Bertz CT molecular complexity index is 2270. The van der Waals surface area contributed by atoms with Crippen LogP contribution >= 0.6 is 0 Å². The number of phenolic OH excluding ortho intramolecular Hbond substituents is 2. The molecule has 1 spiro atoms. The number of Topliss-reactive ketones (excluding diaryl/α,β-unsaturated/α-hetero) is 1. The monoisotopic (exact) mass is 810 g/mol. The van der Waals surface area contributed by atoms with Gasteiger partial charge in [-0.1, -0.05) is 51.5 Å². The zero-order chi connectivity index (χ0) is 42.2. The first-order valence-corrected chi connectivity index (χ1v) is 20.3. The summed E-state index contributed by atoms with van der Waals surface area (Å²) in [6, 6.07) is 16.6. The normalized spacial score (nSPS) is 32.7. The Kier molecular flexibility index (Phi) is 9.88. The molecule has 3 fully saturated rings. The lowest BCUT2D eigenvalue weighted by Crippen LogP contribution is -2.68. The Morgan fingerprint density at radius 3 is 2.25 bits per heavy atom. The number of benzene rings is 3. The molecule has 12 heteroatoms. The number of phenols is 2. The van der Waals surface area contributed by atoms with Gasteiger partial charge in [-0.3, -0.25) is 14.4 Å². The fourth-order valence-electron chi connectivity index (χ4n) is 11.5. The molecule has 3 aromatic carbocycles. The topological polar surface area (TPSA) is 157 Å². The van der Waals surface area contributed by atoms with Gasteiger partial charge >= 0.3 is 11.9 Å². The first-order chi connectivity index (χ1) is 28.0. The highest BCUT2D eigenvalue weighted by Crippen LogP contribution is 2.70.